The fourth-order valence-corrected chi connectivity index (χ4v) is 6.19. The van der Waals surface area contributed by atoms with Crippen LogP contribution >= 0.6 is 0 Å². The van der Waals surface area contributed by atoms with Gasteiger partial charge in [-0.15, -0.1) is 0 Å². The van der Waals surface area contributed by atoms with Gasteiger partial charge in [0.1, 0.15) is 25.2 Å². The highest BCUT2D eigenvalue weighted by atomic mass is 15.3. The summed E-state index contributed by atoms with van der Waals surface area (Å²) in [7, 11) is 0. The van der Waals surface area contributed by atoms with E-state index in [2.05, 4.69) is 142 Å². The quantitative estimate of drug-likeness (QED) is 0.276. The molecular formula is C33H39N2+. The van der Waals surface area contributed by atoms with E-state index in [0.29, 0.717) is 12.1 Å². The van der Waals surface area contributed by atoms with Gasteiger partial charge in [-0.1, -0.05) is 126 Å². The molecule has 0 bridgehead atoms. The zero-order chi connectivity index (χ0) is 24.8. The first-order valence-corrected chi connectivity index (χ1v) is 13.0. The number of rotatable bonds is 4. The van der Waals surface area contributed by atoms with Gasteiger partial charge >= 0.3 is 0 Å². The minimum absolute atomic E-state index is 0.0906. The van der Waals surface area contributed by atoms with Crippen LogP contribution in [0.4, 0.5) is 0 Å². The Kier molecular flexibility index (Phi) is 5.95. The van der Waals surface area contributed by atoms with Crippen molar-refractivity contribution in [2.75, 3.05) is 13.1 Å². The average molecular weight is 464 g/mol. The Balaban J connectivity index is 1.62. The molecule has 2 nitrogen and oxygen atoms in total. The molecule has 2 heteroatoms. The lowest BCUT2D eigenvalue weighted by Gasteiger charge is -2.34. The van der Waals surface area contributed by atoms with E-state index in [1.807, 2.05) is 0 Å². The van der Waals surface area contributed by atoms with Crippen LogP contribution in [-0.4, -0.2) is 28.9 Å². The molecule has 1 heterocycles. The van der Waals surface area contributed by atoms with Crippen LogP contribution in [0.2, 0.25) is 0 Å². The minimum Gasteiger partial charge on any atom is -0.257 e. The molecule has 0 amide bonds. The number of benzene rings is 4. The molecule has 0 fully saturated rings. The molecule has 0 spiro atoms. The summed E-state index contributed by atoms with van der Waals surface area (Å²) in [6.45, 7) is 16.3. The number of fused-ring (bicyclic) bond motifs is 2. The monoisotopic (exact) mass is 463 g/mol. The zero-order valence-electron chi connectivity index (χ0n) is 22.1. The fraction of sp³-hybridized carbons (Fsp3) is 0.364. The maximum atomic E-state index is 2.60. The molecule has 0 saturated heterocycles. The molecule has 0 radical (unpaired) electrons. The van der Waals surface area contributed by atoms with Crippen molar-refractivity contribution in [1.29, 1.82) is 0 Å². The molecule has 0 aliphatic carbocycles. The molecule has 0 saturated carbocycles. The van der Waals surface area contributed by atoms with Gasteiger partial charge in [0, 0.05) is 22.0 Å². The molecule has 4 aromatic carbocycles. The Hall–Kier alpha value is -3.13. The Morgan fingerprint density at radius 3 is 1.71 bits per heavy atom. The van der Waals surface area contributed by atoms with Gasteiger partial charge in [-0.2, -0.15) is 0 Å². The maximum Gasteiger partial charge on any atom is 0.235 e. The first kappa shape index (κ1) is 23.6. The molecule has 5 rings (SSSR count). The molecule has 2 atom stereocenters. The van der Waals surface area contributed by atoms with E-state index in [9.17, 15) is 0 Å². The fourth-order valence-electron chi connectivity index (χ4n) is 6.19. The lowest BCUT2D eigenvalue weighted by Crippen LogP contribution is -2.35. The van der Waals surface area contributed by atoms with Crippen molar-refractivity contribution in [3.05, 3.63) is 96.1 Å². The van der Waals surface area contributed by atoms with Crippen LogP contribution in [0.3, 0.4) is 0 Å². The van der Waals surface area contributed by atoms with Gasteiger partial charge in [0.2, 0.25) is 6.34 Å². The Bertz CT molecular complexity index is 1370. The molecular weight excluding hydrogens is 424 g/mol. The Labute approximate surface area is 210 Å². The first-order valence-electron chi connectivity index (χ1n) is 13.0. The van der Waals surface area contributed by atoms with Gasteiger partial charge in [-0.3, -0.25) is 9.48 Å². The summed E-state index contributed by atoms with van der Waals surface area (Å²) < 4.78 is 2.60. The summed E-state index contributed by atoms with van der Waals surface area (Å²) in [5.41, 5.74) is 3.03. The van der Waals surface area contributed by atoms with E-state index < -0.39 is 0 Å². The van der Waals surface area contributed by atoms with Crippen LogP contribution in [0, 0.1) is 10.8 Å². The van der Waals surface area contributed by atoms with Gasteiger partial charge in [0.05, 0.1) is 0 Å². The first-order chi connectivity index (χ1) is 16.6. The molecule has 35 heavy (non-hydrogen) atoms. The van der Waals surface area contributed by atoms with Crippen molar-refractivity contribution in [1.82, 2.24) is 4.90 Å². The molecule has 0 unspecified atom stereocenters. The molecule has 1 aliphatic rings. The molecule has 180 valence electrons. The Morgan fingerprint density at radius 2 is 1.14 bits per heavy atom. The van der Waals surface area contributed by atoms with Crippen molar-refractivity contribution in [2.45, 2.75) is 53.6 Å². The summed E-state index contributed by atoms with van der Waals surface area (Å²) in [6.07, 6.45) is 2.44. The van der Waals surface area contributed by atoms with E-state index in [4.69, 9.17) is 0 Å². The maximum absolute atomic E-state index is 2.60. The highest BCUT2D eigenvalue weighted by Crippen LogP contribution is 2.43. The molecule has 0 aromatic heterocycles. The lowest BCUT2D eigenvalue weighted by atomic mass is 9.80. The van der Waals surface area contributed by atoms with Crippen LogP contribution in [0.5, 0.6) is 0 Å². The summed E-state index contributed by atoms with van der Waals surface area (Å²) in [5.74, 6) is 0. The largest absolute Gasteiger partial charge is 0.257 e. The average Bonchev–Trinajstić information content (AvgIpc) is 3.26. The smallest absolute Gasteiger partial charge is 0.235 e. The normalized spacial score (nSPS) is 16.5. The van der Waals surface area contributed by atoms with Gasteiger partial charge in [0.25, 0.3) is 0 Å². The van der Waals surface area contributed by atoms with Crippen molar-refractivity contribution < 1.29 is 4.58 Å². The topological polar surface area (TPSA) is 6.25 Å². The van der Waals surface area contributed by atoms with Crippen molar-refractivity contribution in [2.24, 2.45) is 10.8 Å². The van der Waals surface area contributed by atoms with E-state index in [1.165, 1.54) is 32.7 Å². The predicted molar refractivity (Wildman–Crippen MR) is 150 cm³/mol. The van der Waals surface area contributed by atoms with Gasteiger partial charge in [0.15, 0.2) is 0 Å². The van der Waals surface area contributed by atoms with Crippen LogP contribution < -0.4 is 0 Å². The standard InChI is InChI=1S/C33H39N2/c1-32(2,3)30(28-19-11-15-24-13-7-9-17-26(24)28)34-21-22-35(23-34)31(33(4,5)6)29-20-12-16-25-14-8-10-18-27(25)29/h7-20,23,30-31H,21-22H2,1-6H3/q+1/t30-,31-/m1/s1. The van der Waals surface area contributed by atoms with Gasteiger partial charge in [-0.25, -0.2) is 0 Å². The third kappa shape index (κ3) is 4.47. The lowest BCUT2D eigenvalue weighted by molar-refractivity contribution is -0.576. The summed E-state index contributed by atoms with van der Waals surface area (Å²) in [6, 6.07) is 31.8. The number of hydrogen-bond acceptors (Lipinski definition) is 1. The second-order valence-electron chi connectivity index (χ2n) is 12.3. The number of hydrogen-bond donors (Lipinski definition) is 0. The van der Waals surface area contributed by atoms with Crippen LogP contribution in [0.25, 0.3) is 21.5 Å². The van der Waals surface area contributed by atoms with Gasteiger partial charge < -0.3 is 0 Å². The third-order valence-corrected chi connectivity index (χ3v) is 7.45. The molecule has 0 N–H and O–H groups in total. The summed E-state index contributed by atoms with van der Waals surface area (Å²) >= 11 is 0. The van der Waals surface area contributed by atoms with Crippen LogP contribution in [0.1, 0.15) is 64.8 Å². The molecule has 1 aliphatic heterocycles. The highest BCUT2D eigenvalue weighted by Gasteiger charge is 2.42. The van der Waals surface area contributed by atoms with E-state index in [0.717, 1.165) is 13.1 Å². The minimum atomic E-state index is 0.0906. The van der Waals surface area contributed by atoms with Crippen LogP contribution in [0.15, 0.2) is 84.9 Å². The molecule has 4 aromatic rings. The SMILES string of the molecule is CC(C)(C)[C@@H](c1cccc2ccccc12)N1C=[N+]([C@H](c2cccc3ccccc23)C(C)(C)C)CC1. The zero-order valence-corrected chi connectivity index (χ0v) is 22.1. The van der Waals surface area contributed by atoms with E-state index in [1.54, 1.807) is 0 Å². The van der Waals surface area contributed by atoms with Crippen molar-refractivity contribution in [3.8, 4) is 0 Å². The Morgan fingerprint density at radius 1 is 0.629 bits per heavy atom. The van der Waals surface area contributed by atoms with Crippen LogP contribution in [-0.2, 0) is 0 Å². The van der Waals surface area contributed by atoms with Gasteiger partial charge in [-0.05, 0) is 21.5 Å². The third-order valence-electron chi connectivity index (χ3n) is 7.45. The summed E-state index contributed by atoms with van der Waals surface area (Å²) in [4.78, 5) is 2.60. The summed E-state index contributed by atoms with van der Waals surface area (Å²) in [5, 5.41) is 5.36. The van der Waals surface area contributed by atoms with Crippen molar-refractivity contribution in [3.63, 3.8) is 0 Å². The second kappa shape index (κ2) is 8.82. The highest BCUT2D eigenvalue weighted by molar-refractivity contribution is 5.87. The van der Waals surface area contributed by atoms with E-state index >= 15 is 0 Å². The number of nitrogens with zero attached hydrogens (tertiary/aromatic N) is 2. The van der Waals surface area contributed by atoms with E-state index in [-0.39, 0.29) is 10.8 Å². The second-order valence-corrected chi connectivity index (χ2v) is 12.3. The van der Waals surface area contributed by atoms with Crippen molar-refractivity contribution >= 4 is 27.9 Å². The predicted octanol–water partition coefficient (Wildman–Crippen LogP) is 8.22.